The van der Waals surface area contributed by atoms with Gasteiger partial charge in [0.05, 0.1) is 11.6 Å². The fraction of sp³-hybridized carbons (Fsp3) is 0.0769. The number of rotatable bonds is 3. The molecule has 0 amide bonds. The second-order valence-electron chi connectivity index (χ2n) is 3.44. The molecule has 2 aromatic rings. The number of hydrogen-bond acceptors (Lipinski definition) is 2. The minimum absolute atomic E-state index is 0.190. The van der Waals surface area contributed by atoms with E-state index in [1.165, 1.54) is 23.9 Å². The van der Waals surface area contributed by atoms with E-state index < -0.39 is 0 Å². The summed E-state index contributed by atoms with van der Waals surface area (Å²) in [5.74, 6) is -0.349. The first-order chi connectivity index (χ1) is 8.20. The van der Waals surface area contributed by atoms with Crippen molar-refractivity contribution in [1.29, 1.82) is 0 Å². The smallest absolute Gasteiger partial charge is 0.123 e. The van der Waals surface area contributed by atoms with Gasteiger partial charge >= 0.3 is 0 Å². The molecule has 0 spiro atoms. The summed E-state index contributed by atoms with van der Waals surface area (Å²) in [6.07, 6.45) is 0. The maximum atomic E-state index is 13.0. The van der Waals surface area contributed by atoms with E-state index in [1.54, 1.807) is 12.1 Å². The molecule has 0 heterocycles. The first kappa shape index (κ1) is 12.4. The summed E-state index contributed by atoms with van der Waals surface area (Å²) in [7, 11) is 0. The van der Waals surface area contributed by atoms with E-state index in [9.17, 15) is 9.50 Å². The number of halogens is 2. The molecule has 0 aliphatic carbocycles. The molecule has 0 atom stereocenters. The van der Waals surface area contributed by atoms with Gasteiger partial charge in [0, 0.05) is 9.79 Å². The Morgan fingerprint density at radius 1 is 1.12 bits per heavy atom. The molecule has 0 saturated carbocycles. The van der Waals surface area contributed by atoms with Gasteiger partial charge in [0.2, 0.25) is 0 Å². The largest absolute Gasteiger partial charge is 0.392 e. The van der Waals surface area contributed by atoms with Crippen LogP contribution in [0.25, 0.3) is 0 Å². The van der Waals surface area contributed by atoms with Gasteiger partial charge in [-0.3, -0.25) is 0 Å². The van der Waals surface area contributed by atoms with Gasteiger partial charge in [0.1, 0.15) is 5.82 Å². The number of hydrogen-bond donors (Lipinski definition) is 1. The lowest BCUT2D eigenvalue weighted by Gasteiger charge is -2.08. The molecule has 0 unspecified atom stereocenters. The third-order valence-corrected chi connectivity index (χ3v) is 3.89. The lowest BCUT2D eigenvalue weighted by Crippen LogP contribution is -1.89. The zero-order valence-corrected chi connectivity index (χ0v) is 10.4. The predicted molar refractivity (Wildman–Crippen MR) is 67.9 cm³/mol. The first-order valence-electron chi connectivity index (χ1n) is 5.02. The highest BCUT2D eigenvalue weighted by molar-refractivity contribution is 7.99. The van der Waals surface area contributed by atoms with Crippen molar-refractivity contribution in [3.05, 3.63) is 58.9 Å². The van der Waals surface area contributed by atoms with Gasteiger partial charge in [-0.05, 0) is 35.9 Å². The molecule has 2 rings (SSSR count). The van der Waals surface area contributed by atoms with Crippen molar-refractivity contribution in [2.75, 3.05) is 0 Å². The Kier molecular flexibility index (Phi) is 4.05. The monoisotopic (exact) mass is 268 g/mol. The summed E-state index contributed by atoms with van der Waals surface area (Å²) in [5.41, 5.74) is 0.565. The van der Waals surface area contributed by atoms with Crippen molar-refractivity contribution in [2.24, 2.45) is 0 Å². The van der Waals surface area contributed by atoms with E-state index in [1.807, 2.05) is 18.2 Å². The zero-order valence-electron chi connectivity index (χ0n) is 8.86. The van der Waals surface area contributed by atoms with E-state index >= 15 is 0 Å². The molecule has 0 bridgehead atoms. The number of aliphatic hydroxyl groups is 1. The fourth-order valence-electron chi connectivity index (χ4n) is 1.42. The van der Waals surface area contributed by atoms with Gasteiger partial charge in [-0.15, -0.1) is 0 Å². The minimum Gasteiger partial charge on any atom is -0.392 e. The molecule has 0 saturated heterocycles. The fourth-order valence-corrected chi connectivity index (χ4v) is 2.61. The summed E-state index contributed by atoms with van der Waals surface area (Å²) in [5, 5.41) is 9.82. The number of benzene rings is 2. The van der Waals surface area contributed by atoms with Gasteiger partial charge in [-0.25, -0.2) is 4.39 Å². The van der Waals surface area contributed by atoms with Crippen LogP contribution >= 0.6 is 23.4 Å². The lowest BCUT2D eigenvalue weighted by molar-refractivity contribution is 0.278. The van der Waals surface area contributed by atoms with Crippen LogP contribution in [0, 0.1) is 5.82 Å². The molecule has 2 aromatic carbocycles. The Balaban J connectivity index is 2.33. The summed E-state index contributed by atoms with van der Waals surface area (Å²) >= 11 is 7.46. The Hall–Kier alpha value is -1.03. The van der Waals surface area contributed by atoms with Crippen LogP contribution in [-0.4, -0.2) is 5.11 Å². The van der Waals surface area contributed by atoms with Crippen LogP contribution in [-0.2, 0) is 6.61 Å². The van der Waals surface area contributed by atoms with E-state index in [4.69, 9.17) is 11.6 Å². The Morgan fingerprint density at radius 2 is 1.88 bits per heavy atom. The van der Waals surface area contributed by atoms with Gasteiger partial charge in [0.15, 0.2) is 0 Å². The third kappa shape index (κ3) is 3.00. The summed E-state index contributed by atoms with van der Waals surface area (Å²) in [6, 6.07) is 11.8. The molecule has 1 N–H and O–H groups in total. The third-order valence-electron chi connectivity index (χ3n) is 2.25. The molecule has 0 fully saturated rings. The zero-order chi connectivity index (χ0) is 12.3. The molecule has 0 aromatic heterocycles. The van der Waals surface area contributed by atoms with Crippen molar-refractivity contribution in [3.8, 4) is 0 Å². The molecule has 1 nitrogen and oxygen atoms in total. The topological polar surface area (TPSA) is 20.2 Å². The highest BCUT2D eigenvalue weighted by atomic mass is 35.5. The molecule has 0 radical (unpaired) electrons. The number of aliphatic hydroxyl groups excluding tert-OH is 1. The van der Waals surface area contributed by atoms with Crippen molar-refractivity contribution in [3.63, 3.8) is 0 Å². The average molecular weight is 269 g/mol. The molecule has 88 valence electrons. The normalized spacial score (nSPS) is 10.5. The van der Waals surface area contributed by atoms with Crippen LogP contribution in [0.4, 0.5) is 4.39 Å². The molecule has 4 heteroatoms. The highest BCUT2D eigenvalue weighted by Crippen LogP contribution is 2.35. The summed E-state index contributed by atoms with van der Waals surface area (Å²) in [4.78, 5) is 1.69. The first-order valence-corrected chi connectivity index (χ1v) is 6.22. The van der Waals surface area contributed by atoms with Crippen LogP contribution in [0.5, 0.6) is 0 Å². The van der Waals surface area contributed by atoms with Crippen molar-refractivity contribution in [2.45, 2.75) is 16.4 Å². The second-order valence-corrected chi connectivity index (χ2v) is 4.93. The summed E-state index contributed by atoms with van der Waals surface area (Å²) < 4.78 is 13.0. The molecule has 17 heavy (non-hydrogen) atoms. The minimum atomic E-state index is -0.349. The maximum Gasteiger partial charge on any atom is 0.123 e. The van der Waals surface area contributed by atoms with Gasteiger partial charge < -0.3 is 5.11 Å². The Morgan fingerprint density at radius 3 is 2.59 bits per heavy atom. The van der Waals surface area contributed by atoms with Gasteiger partial charge in [-0.2, -0.15) is 0 Å². The Labute approximate surface area is 108 Å². The lowest BCUT2D eigenvalue weighted by atomic mass is 10.2. The highest BCUT2D eigenvalue weighted by Gasteiger charge is 2.07. The van der Waals surface area contributed by atoms with Gasteiger partial charge in [0.25, 0.3) is 0 Å². The molecular formula is C13H10ClFOS. The standard InChI is InChI=1S/C13H10ClFOS/c14-11-3-1-2-4-13(11)17-12-6-5-10(15)7-9(12)8-16/h1-7,16H,8H2. The maximum absolute atomic E-state index is 13.0. The molecular weight excluding hydrogens is 259 g/mol. The van der Waals surface area contributed by atoms with Crippen LogP contribution < -0.4 is 0 Å². The average Bonchev–Trinajstić information content (AvgIpc) is 2.34. The van der Waals surface area contributed by atoms with Crippen LogP contribution in [0.1, 0.15) is 5.56 Å². The van der Waals surface area contributed by atoms with Crippen molar-refractivity contribution in [1.82, 2.24) is 0 Å². The van der Waals surface area contributed by atoms with Crippen molar-refractivity contribution < 1.29 is 9.50 Å². The van der Waals surface area contributed by atoms with E-state index in [-0.39, 0.29) is 12.4 Å². The molecule has 0 aliphatic rings. The SMILES string of the molecule is OCc1cc(F)ccc1Sc1ccccc1Cl. The van der Waals surface area contributed by atoms with Gasteiger partial charge in [-0.1, -0.05) is 35.5 Å². The van der Waals surface area contributed by atoms with Crippen LogP contribution in [0.2, 0.25) is 5.02 Å². The predicted octanol–water partition coefficient (Wildman–Crippen LogP) is 4.12. The Bertz CT molecular complexity index is 531. The van der Waals surface area contributed by atoms with Crippen molar-refractivity contribution >= 4 is 23.4 Å². The van der Waals surface area contributed by atoms with Crippen LogP contribution in [0.3, 0.4) is 0 Å². The summed E-state index contributed by atoms with van der Waals surface area (Å²) in [6.45, 7) is -0.190. The van der Waals surface area contributed by atoms with Crippen LogP contribution in [0.15, 0.2) is 52.3 Å². The quantitative estimate of drug-likeness (QED) is 0.903. The second kappa shape index (κ2) is 5.54. The van der Waals surface area contributed by atoms with E-state index in [2.05, 4.69) is 0 Å². The van der Waals surface area contributed by atoms with E-state index in [0.717, 1.165) is 9.79 Å². The van der Waals surface area contributed by atoms with E-state index in [0.29, 0.717) is 10.6 Å². The molecule has 0 aliphatic heterocycles.